The number of aromatic nitrogens is 2. The van der Waals surface area contributed by atoms with Crippen molar-refractivity contribution in [3.63, 3.8) is 0 Å². The van der Waals surface area contributed by atoms with E-state index in [2.05, 4.69) is 37.3 Å². The molecule has 0 atom stereocenters. The van der Waals surface area contributed by atoms with Crippen LogP contribution in [0.3, 0.4) is 0 Å². The summed E-state index contributed by atoms with van der Waals surface area (Å²) in [6.45, 7) is 2.57. The highest BCUT2D eigenvalue weighted by Gasteiger charge is 2.26. The van der Waals surface area contributed by atoms with E-state index < -0.39 is 0 Å². The predicted octanol–water partition coefficient (Wildman–Crippen LogP) is 6.91. The number of hydrogen-bond donors (Lipinski definition) is 0. The maximum Gasteiger partial charge on any atom is 0.347 e. The second-order valence-corrected chi connectivity index (χ2v) is 10.8. The highest BCUT2D eigenvalue weighted by molar-refractivity contribution is 7.99. The van der Waals surface area contributed by atoms with Gasteiger partial charge in [-0.25, -0.2) is 14.2 Å². The maximum absolute atomic E-state index is 14.0. The number of ether oxygens (including phenoxy) is 1. The molecule has 0 saturated heterocycles. The van der Waals surface area contributed by atoms with Gasteiger partial charge in [-0.2, -0.15) is 4.40 Å². The van der Waals surface area contributed by atoms with Crippen LogP contribution >= 0.6 is 11.8 Å². The zero-order chi connectivity index (χ0) is 26.2. The van der Waals surface area contributed by atoms with Crippen molar-refractivity contribution in [2.45, 2.75) is 42.4 Å². The number of unbranched alkanes of at least 4 members (excludes halogenated alkanes) is 3. The molecule has 6 rings (SSSR count). The van der Waals surface area contributed by atoms with Crippen LogP contribution in [0, 0.1) is 0 Å². The molecule has 0 aliphatic carbocycles. The molecule has 6 aromatic rings. The van der Waals surface area contributed by atoms with Gasteiger partial charge < -0.3 is 4.74 Å². The van der Waals surface area contributed by atoms with Crippen molar-refractivity contribution >= 4 is 56.0 Å². The van der Waals surface area contributed by atoms with Crippen LogP contribution < -0.4 is 10.1 Å². The Morgan fingerprint density at radius 1 is 0.895 bits per heavy atom. The standard InChI is InChI=1S/C32H29N2O3S/c1-3-4-5-9-19-37-32(36)21-15-17-26-27(20-21)34-30(33(26)2)24-14-10-13-23-28(38-22-11-7-6-8-12-22)18-16-25(29(23)24)31(34)35/h6-8,10-18,20H,3-5,9,19H2,1-2H3/q+1. The number of pyridine rings is 1. The lowest BCUT2D eigenvalue weighted by Crippen LogP contribution is -2.29. The van der Waals surface area contributed by atoms with Gasteiger partial charge in [-0.05, 0) is 54.3 Å². The van der Waals surface area contributed by atoms with E-state index in [1.807, 2.05) is 48.0 Å². The zero-order valence-corrected chi connectivity index (χ0v) is 22.4. The summed E-state index contributed by atoms with van der Waals surface area (Å²) >= 11 is 1.70. The van der Waals surface area contributed by atoms with Gasteiger partial charge in [-0.3, -0.25) is 0 Å². The number of imidazole rings is 1. The molecule has 2 heterocycles. The van der Waals surface area contributed by atoms with Gasteiger partial charge >= 0.3 is 11.5 Å². The summed E-state index contributed by atoms with van der Waals surface area (Å²) in [6.07, 6.45) is 4.19. The van der Waals surface area contributed by atoms with Crippen LogP contribution in [0.5, 0.6) is 0 Å². The van der Waals surface area contributed by atoms with Gasteiger partial charge in [0.2, 0.25) is 0 Å². The van der Waals surface area contributed by atoms with Crippen molar-refractivity contribution in [2.24, 2.45) is 7.05 Å². The first-order chi connectivity index (χ1) is 18.6. The first-order valence-corrected chi connectivity index (χ1v) is 14.0. The van der Waals surface area contributed by atoms with Crippen LogP contribution in [0.15, 0.2) is 93.4 Å². The van der Waals surface area contributed by atoms with E-state index in [4.69, 9.17) is 4.74 Å². The van der Waals surface area contributed by atoms with Crippen molar-refractivity contribution in [3.05, 3.63) is 94.8 Å². The molecule has 190 valence electrons. The highest BCUT2D eigenvalue weighted by Crippen LogP contribution is 2.37. The number of hydrogen-bond acceptors (Lipinski definition) is 4. The van der Waals surface area contributed by atoms with Crippen molar-refractivity contribution in [2.75, 3.05) is 6.61 Å². The third-order valence-electron chi connectivity index (χ3n) is 7.22. The van der Waals surface area contributed by atoms with Gasteiger partial charge in [0.15, 0.2) is 11.0 Å². The quantitative estimate of drug-likeness (QED) is 0.124. The van der Waals surface area contributed by atoms with Gasteiger partial charge in [0.05, 0.1) is 30.0 Å². The molecule has 0 amide bonds. The van der Waals surface area contributed by atoms with Crippen molar-refractivity contribution < 1.29 is 14.1 Å². The van der Waals surface area contributed by atoms with E-state index in [0.29, 0.717) is 23.1 Å². The minimum atomic E-state index is -0.352. The molecule has 2 aromatic heterocycles. The predicted molar refractivity (Wildman–Crippen MR) is 154 cm³/mol. The summed E-state index contributed by atoms with van der Waals surface area (Å²) in [6, 6.07) is 25.9. The summed E-state index contributed by atoms with van der Waals surface area (Å²) < 4.78 is 9.31. The Labute approximate surface area is 225 Å². The number of nitrogens with zero attached hydrogens (tertiary/aromatic N) is 2. The summed E-state index contributed by atoms with van der Waals surface area (Å²) in [4.78, 5) is 29.0. The minimum Gasteiger partial charge on any atom is -0.462 e. The van der Waals surface area contributed by atoms with E-state index in [9.17, 15) is 9.59 Å². The SMILES string of the molecule is CCCCCCOC(=O)c1ccc2c(c1)n1c(=O)c3ccc(Sc4ccccc4)c4cccc(c43)c1[n+]2C. The fourth-order valence-corrected chi connectivity index (χ4v) is 6.31. The lowest BCUT2D eigenvalue weighted by molar-refractivity contribution is -0.617. The van der Waals surface area contributed by atoms with Crippen LogP contribution in [0.4, 0.5) is 0 Å². The first-order valence-electron chi connectivity index (χ1n) is 13.1. The molecule has 6 heteroatoms. The highest BCUT2D eigenvalue weighted by atomic mass is 32.2. The maximum atomic E-state index is 14.0. The summed E-state index contributed by atoms with van der Waals surface area (Å²) in [5.41, 5.74) is 2.78. The molecular weight excluding hydrogens is 492 g/mol. The van der Waals surface area contributed by atoms with E-state index in [-0.39, 0.29) is 11.5 Å². The number of aryl methyl sites for hydroxylation is 1. The topological polar surface area (TPSA) is 51.7 Å². The molecule has 0 saturated carbocycles. The number of carbonyl (C=O) groups excluding carboxylic acids is 1. The molecule has 38 heavy (non-hydrogen) atoms. The Balaban J connectivity index is 1.50. The fourth-order valence-electron chi connectivity index (χ4n) is 5.34. The van der Waals surface area contributed by atoms with Gasteiger partial charge in [-0.15, -0.1) is 0 Å². The molecule has 0 N–H and O–H groups in total. The average Bonchev–Trinajstić information content (AvgIpc) is 3.24. The van der Waals surface area contributed by atoms with Crippen molar-refractivity contribution in [3.8, 4) is 0 Å². The molecule has 0 aliphatic rings. The first kappa shape index (κ1) is 24.4. The van der Waals surface area contributed by atoms with Crippen LogP contribution in [0.2, 0.25) is 0 Å². The Hall–Kier alpha value is -3.90. The van der Waals surface area contributed by atoms with E-state index in [1.54, 1.807) is 28.3 Å². The number of esters is 1. The van der Waals surface area contributed by atoms with Crippen molar-refractivity contribution in [1.29, 1.82) is 0 Å². The summed E-state index contributed by atoms with van der Waals surface area (Å²) in [7, 11) is 1.97. The molecule has 5 nitrogen and oxygen atoms in total. The zero-order valence-electron chi connectivity index (χ0n) is 21.6. The normalized spacial score (nSPS) is 11.7. The Kier molecular flexibility index (Phi) is 6.50. The number of fused-ring (bicyclic) bond motifs is 4. The monoisotopic (exact) mass is 521 g/mol. The smallest absolute Gasteiger partial charge is 0.347 e. The van der Waals surface area contributed by atoms with Gasteiger partial charge in [0, 0.05) is 21.2 Å². The van der Waals surface area contributed by atoms with Crippen molar-refractivity contribution in [1.82, 2.24) is 4.40 Å². The number of benzene rings is 4. The molecule has 0 fully saturated rings. The number of carbonyl (C=O) groups is 1. The summed E-state index contributed by atoms with van der Waals surface area (Å²) in [5, 5.41) is 3.70. The van der Waals surface area contributed by atoms with Crippen LogP contribution in [0.25, 0.3) is 38.2 Å². The molecule has 0 aliphatic heterocycles. The molecule has 0 bridgehead atoms. The largest absolute Gasteiger partial charge is 0.462 e. The van der Waals surface area contributed by atoms with Crippen LogP contribution in [-0.2, 0) is 11.8 Å². The second-order valence-electron chi connectivity index (χ2n) is 9.68. The average molecular weight is 522 g/mol. The molecule has 0 radical (unpaired) electrons. The molecule has 0 unspecified atom stereocenters. The van der Waals surface area contributed by atoms with Gasteiger partial charge in [0.25, 0.3) is 5.65 Å². The third-order valence-corrected chi connectivity index (χ3v) is 8.30. The van der Waals surface area contributed by atoms with Crippen LogP contribution in [-0.4, -0.2) is 17.0 Å². The molecule has 0 spiro atoms. The fraction of sp³-hybridized carbons (Fsp3) is 0.219. The van der Waals surface area contributed by atoms with E-state index in [0.717, 1.165) is 62.8 Å². The van der Waals surface area contributed by atoms with E-state index >= 15 is 0 Å². The minimum absolute atomic E-state index is 0.0874. The Morgan fingerprint density at radius 3 is 2.53 bits per heavy atom. The Morgan fingerprint density at radius 2 is 1.71 bits per heavy atom. The van der Waals surface area contributed by atoms with Crippen LogP contribution in [0.1, 0.15) is 43.0 Å². The lowest BCUT2D eigenvalue weighted by Gasteiger charge is -2.09. The second kappa shape index (κ2) is 10.1. The Bertz CT molecular complexity index is 1860. The molecular formula is C32H29N2O3S+. The van der Waals surface area contributed by atoms with E-state index in [1.165, 1.54) is 0 Å². The lowest BCUT2D eigenvalue weighted by atomic mass is 10.0. The number of rotatable bonds is 8. The van der Waals surface area contributed by atoms with Gasteiger partial charge in [-0.1, -0.05) is 68.3 Å². The third kappa shape index (κ3) is 4.09. The summed E-state index contributed by atoms with van der Waals surface area (Å²) in [5.74, 6) is -0.352. The van der Waals surface area contributed by atoms with Gasteiger partial charge in [0.1, 0.15) is 0 Å². The molecule has 4 aromatic carbocycles.